The molecule has 2 aromatic heterocycles. The first kappa shape index (κ1) is 20.4. The van der Waals surface area contributed by atoms with Crippen LogP contribution in [-0.2, 0) is 6.61 Å². The normalized spacial score (nSPS) is 10.6. The fraction of sp³-hybridized carbons (Fsp3) is 0.0870. The number of amides is 2. The van der Waals surface area contributed by atoms with Crippen LogP contribution >= 0.6 is 11.6 Å². The number of carbonyl (C=O) groups excluding carboxylic acids is 1. The van der Waals surface area contributed by atoms with Crippen LogP contribution < -0.4 is 20.9 Å². The third-order valence-electron chi connectivity index (χ3n) is 4.54. The molecule has 0 saturated carbocycles. The minimum atomic E-state index is -0.368. The van der Waals surface area contributed by atoms with Gasteiger partial charge in [0.25, 0.3) is 5.56 Å². The van der Waals surface area contributed by atoms with E-state index in [0.29, 0.717) is 33.5 Å². The minimum absolute atomic E-state index is 0.154. The van der Waals surface area contributed by atoms with E-state index in [-0.39, 0.29) is 18.2 Å². The number of nitrogens with one attached hydrogen (secondary N) is 2. The maximum Gasteiger partial charge on any atom is 0.323 e. The van der Waals surface area contributed by atoms with Gasteiger partial charge in [0.2, 0.25) is 0 Å². The molecule has 0 aliphatic carbocycles. The summed E-state index contributed by atoms with van der Waals surface area (Å²) in [5.41, 5.74) is 3.16. The summed E-state index contributed by atoms with van der Waals surface area (Å²) in [6, 6.07) is 18.6. The molecule has 4 rings (SSSR count). The van der Waals surface area contributed by atoms with Crippen LogP contribution in [0.3, 0.4) is 0 Å². The predicted molar refractivity (Wildman–Crippen MR) is 121 cm³/mol. The third-order valence-corrected chi connectivity index (χ3v) is 4.79. The number of anilines is 2. The Bertz CT molecular complexity index is 1290. The lowest BCUT2D eigenvalue weighted by Crippen LogP contribution is -2.19. The number of ether oxygens (including phenoxy) is 1. The molecular weight excluding hydrogens is 416 g/mol. The zero-order valence-electron chi connectivity index (χ0n) is 16.6. The van der Waals surface area contributed by atoms with Gasteiger partial charge in [-0.15, -0.1) is 0 Å². The SMILES string of the molecule is Cc1cccn2c(=O)cc(COc3ccc(NC(=O)Nc4ccc(Cl)cc4)cc3)nc12. The van der Waals surface area contributed by atoms with Crippen LogP contribution in [0.2, 0.25) is 5.02 Å². The molecule has 0 spiro atoms. The second-order valence-electron chi connectivity index (χ2n) is 6.87. The van der Waals surface area contributed by atoms with Gasteiger partial charge in [-0.25, -0.2) is 9.78 Å². The van der Waals surface area contributed by atoms with Crippen LogP contribution in [0.25, 0.3) is 5.65 Å². The van der Waals surface area contributed by atoms with E-state index in [0.717, 1.165) is 5.56 Å². The predicted octanol–water partition coefficient (Wildman–Crippen LogP) is 4.88. The zero-order chi connectivity index (χ0) is 21.8. The first-order valence-electron chi connectivity index (χ1n) is 9.52. The van der Waals surface area contributed by atoms with Crippen LogP contribution in [0, 0.1) is 6.92 Å². The maximum absolute atomic E-state index is 12.3. The molecule has 0 bridgehead atoms. The highest BCUT2D eigenvalue weighted by Crippen LogP contribution is 2.18. The number of nitrogens with zero attached hydrogens (tertiary/aromatic N) is 2. The number of benzene rings is 2. The molecule has 2 heterocycles. The van der Waals surface area contributed by atoms with E-state index in [4.69, 9.17) is 16.3 Å². The molecule has 2 amide bonds. The molecular formula is C23H19ClN4O3. The van der Waals surface area contributed by atoms with Crippen LogP contribution in [0.5, 0.6) is 5.75 Å². The van der Waals surface area contributed by atoms with Gasteiger partial charge in [0.05, 0.1) is 5.69 Å². The number of halogens is 1. The van der Waals surface area contributed by atoms with E-state index in [1.165, 1.54) is 10.5 Å². The molecule has 0 aliphatic rings. The quantitative estimate of drug-likeness (QED) is 0.469. The monoisotopic (exact) mass is 434 g/mol. The standard InChI is InChI=1S/C23H19ClN4O3/c1-15-3-2-12-28-21(29)13-19(25-22(15)28)14-31-20-10-8-18(9-11-20)27-23(30)26-17-6-4-16(24)5-7-17/h2-13H,14H2,1H3,(H2,26,27,30). The minimum Gasteiger partial charge on any atom is -0.487 e. The smallest absolute Gasteiger partial charge is 0.323 e. The topological polar surface area (TPSA) is 84.7 Å². The highest BCUT2D eigenvalue weighted by atomic mass is 35.5. The summed E-state index contributed by atoms with van der Waals surface area (Å²) in [6.45, 7) is 2.06. The molecule has 0 saturated heterocycles. The third kappa shape index (κ3) is 5.02. The summed E-state index contributed by atoms with van der Waals surface area (Å²) < 4.78 is 7.26. The highest BCUT2D eigenvalue weighted by molar-refractivity contribution is 6.30. The Balaban J connectivity index is 1.37. The molecule has 8 heteroatoms. The number of carbonyl (C=O) groups is 1. The average molecular weight is 435 g/mol. The number of fused-ring (bicyclic) bond motifs is 1. The Morgan fingerprint density at radius 2 is 1.68 bits per heavy atom. The first-order chi connectivity index (χ1) is 15.0. The van der Waals surface area contributed by atoms with Crippen molar-refractivity contribution in [3.8, 4) is 5.75 Å². The lowest BCUT2D eigenvalue weighted by Gasteiger charge is -2.10. The Labute approximate surface area is 183 Å². The van der Waals surface area contributed by atoms with Crippen molar-refractivity contribution in [2.75, 3.05) is 10.6 Å². The molecule has 31 heavy (non-hydrogen) atoms. The lowest BCUT2D eigenvalue weighted by atomic mass is 10.3. The largest absolute Gasteiger partial charge is 0.487 e. The van der Waals surface area contributed by atoms with Crippen molar-refractivity contribution in [3.63, 3.8) is 0 Å². The van der Waals surface area contributed by atoms with E-state index in [9.17, 15) is 9.59 Å². The van der Waals surface area contributed by atoms with Gasteiger partial charge in [0.1, 0.15) is 18.0 Å². The fourth-order valence-electron chi connectivity index (χ4n) is 3.00. The first-order valence-corrected chi connectivity index (χ1v) is 9.90. The highest BCUT2D eigenvalue weighted by Gasteiger charge is 2.06. The van der Waals surface area contributed by atoms with Gasteiger partial charge in [-0.2, -0.15) is 0 Å². The summed E-state index contributed by atoms with van der Waals surface area (Å²) in [5, 5.41) is 6.07. The molecule has 0 fully saturated rings. The van der Waals surface area contributed by atoms with E-state index >= 15 is 0 Å². The van der Waals surface area contributed by atoms with Gasteiger partial charge in [-0.05, 0) is 67.1 Å². The lowest BCUT2D eigenvalue weighted by molar-refractivity contribution is 0.262. The molecule has 2 aromatic carbocycles. The molecule has 2 N–H and O–H groups in total. The zero-order valence-corrected chi connectivity index (χ0v) is 17.4. The van der Waals surface area contributed by atoms with Crippen molar-refractivity contribution in [3.05, 3.63) is 99.6 Å². The molecule has 4 aromatic rings. The van der Waals surface area contributed by atoms with Crippen LogP contribution in [-0.4, -0.2) is 15.4 Å². The van der Waals surface area contributed by atoms with Crippen molar-refractivity contribution in [2.24, 2.45) is 0 Å². The fourth-order valence-corrected chi connectivity index (χ4v) is 3.13. The van der Waals surface area contributed by atoms with Gasteiger partial charge in [0.15, 0.2) is 0 Å². The summed E-state index contributed by atoms with van der Waals surface area (Å²) in [6.07, 6.45) is 1.69. The molecule has 0 aliphatic heterocycles. The van der Waals surface area contributed by atoms with Gasteiger partial charge < -0.3 is 15.4 Å². The van der Waals surface area contributed by atoms with E-state index in [2.05, 4.69) is 15.6 Å². The van der Waals surface area contributed by atoms with Gasteiger partial charge in [-0.3, -0.25) is 9.20 Å². The van der Waals surface area contributed by atoms with E-state index in [1.807, 2.05) is 19.1 Å². The Morgan fingerprint density at radius 3 is 2.35 bits per heavy atom. The van der Waals surface area contributed by atoms with Crippen molar-refractivity contribution in [2.45, 2.75) is 13.5 Å². The molecule has 156 valence electrons. The summed E-state index contributed by atoms with van der Waals surface area (Å²) >= 11 is 5.84. The van der Waals surface area contributed by atoms with Crippen molar-refractivity contribution in [1.29, 1.82) is 0 Å². The molecule has 0 unspecified atom stereocenters. The number of pyridine rings is 1. The van der Waals surface area contributed by atoms with Crippen LogP contribution in [0.15, 0.2) is 77.7 Å². The van der Waals surface area contributed by atoms with Gasteiger partial charge in [0, 0.05) is 28.7 Å². The average Bonchev–Trinajstić information content (AvgIpc) is 2.76. The Hall–Kier alpha value is -3.84. The number of aryl methyl sites for hydroxylation is 1. The number of hydrogen-bond acceptors (Lipinski definition) is 4. The van der Waals surface area contributed by atoms with Crippen LogP contribution in [0.1, 0.15) is 11.3 Å². The van der Waals surface area contributed by atoms with Crippen molar-refractivity contribution < 1.29 is 9.53 Å². The van der Waals surface area contributed by atoms with Crippen molar-refractivity contribution in [1.82, 2.24) is 9.38 Å². The maximum atomic E-state index is 12.3. The van der Waals surface area contributed by atoms with Crippen LogP contribution in [0.4, 0.5) is 16.2 Å². The van der Waals surface area contributed by atoms with E-state index in [1.54, 1.807) is 54.7 Å². The summed E-state index contributed by atoms with van der Waals surface area (Å²) in [7, 11) is 0. The van der Waals surface area contributed by atoms with E-state index < -0.39 is 0 Å². The Morgan fingerprint density at radius 1 is 1.03 bits per heavy atom. The number of hydrogen-bond donors (Lipinski definition) is 2. The Kier molecular flexibility index (Phi) is 5.86. The summed E-state index contributed by atoms with van der Waals surface area (Å²) in [4.78, 5) is 28.9. The van der Waals surface area contributed by atoms with Gasteiger partial charge in [-0.1, -0.05) is 17.7 Å². The molecule has 7 nitrogen and oxygen atoms in total. The summed E-state index contributed by atoms with van der Waals surface area (Å²) in [5.74, 6) is 0.593. The van der Waals surface area contributed by atoms with Gasteiger partial charge >= 0.3 is 6.03 Å². The number of rotatable bonds is 5. The van der Waals surface area contributed by atoms with Crippen molar-refractivity contribution >= 4 is 34.7 Å². The second kappa shape index (κ2) is 8.89. The number of aromatic nitrogens is 2. The number of urea groups is 1. The molecule has 0 atom stereocenters. The molecule has 0 radical (unpaired) electrons. The second-order valence-corrected chi connectivity index (χ2v) is 7.31.